The summed E-state index contributed by atoms with van der Waals surface area (Å²) in [6.45, 7) is 3.39. The zero-order chi connectivity index (χ0) is 16.0. The molecule has 0 aliphatic carbocycles. The summed E-state index contributed by atoms with van der Waals surface area (Å²) in [4.78, 5) is 13.1. The Morgan fingerprint density at radius 3 is 2.67 bits per heavy atom. The Labute approximate surface area is 124 Å². The molecule has 0 bridgehead atoms. The Hall–Kier alpha value is -1.73. The van der Waals surface area contributed by atoms with Gasteiger partial charge in [-0.2, -0.15) is 13.2 Å². The number of nitrogens with one attached hydrogen (secondary N) is 1. The number of hydrogen-bond acceptors (Lipinski definition) is 2. The van der Waals surface area contributed by atoms with Crippen molar-refractivity contribution in [2.45, 2.75) is 6.18 Å². The molecule has 0 atom stereocenters. The maximum Gasteiger partial charge on any atom is 0.417 e. The number of carbonyl (C=O) groups excluding carboxylic acids is 1. The van der Waals surface area contributed by atoms with Crippen LogP contribution in [0, 0.1) is 0 Å². The van der Waals surface area contributed by atoms with Gasteiger partial charge in [0.15, 0.2) is 0 Å². The molecule has 0 saturated carbocycles. The number of aliphatic hydroxyl groups is 1. The Bertz CT molecular complexity index is 521. The van der Waals surface area contributed by atoms with Crippen LogP contribution in [0.5, 0.6) is 0 Å². The second-order valence-electron chi connectivity index (χ2n) is 4.08. The second-order valence-corrected chi connectivity index (χ2v) is 4.49. The van der Waals surface area contributed by atoms with Crippen molar-refractivity contribution < 1.29 is 23.1 Å². The molecule has 0 aliphatic heterocycles. The number of benzene rings is 1. The first-order valence-electron chi connectivity index (χ1n) is 5.94. The number of urea groups is 1. The first-order chi connectivity index (χ1) is 9.79. The summed E-state index contributed by atoms with van der Waals surface area (Å²) in [5.41, 5.74) is -1.07. The molecule has 0 heterocycles. The third-order valence-corrected chi connectivity index (χ3v) is 2.86. The van der Waals surface area contributed by atoms with Crippen LogP contribution in [0.3, 0.4) is 0 Å². The number of alkyl halides is 3. The zero-order valence-electron chi connectivity index (χ0n) is 11.0. The van der Waals surface area contributed by atoms with Gasteiger partial charge in [-0.3, -0.25) is 0 Å². The van der Waals surface area contributed by atoms with Crippen LogP contribution in [-0.2, 0) is 6.18 Å². The number of amides is 2. The quantitative estimate of drug-likeness (QED) is 0.817. The summed E-state index contributed by atoms with van der Waals surface area (Å²) in [5.74, 6) is 0. The Kier molecular flexibility index (Phi) is 6.04. The van der Waals surface area contributed by atoms with Gasteiger partial charge in [0, 0.05) is 18.8 Å². The minimum atomic E-state index is -4.61. The predicted molar refractivity (Wildman–Crippen MR) is 74.3 cm³/mol. The number of halogens is 4. The molecule has 0 fully saturated rings. The van der Waals surface area contributed by atoms with Crippen LogP contribution in [0.1, 0.15) is 5.56 Å². The fourth-order valence-electron chi connectivity index (χ4n) is 1.58. The molecule has 0 spiro atoms. The summed E-state index contributed by atoms with van der Waals surface area (Å²) in [6, 6.07) is 2.44. The number of anilines is 1. The van der Waals surface area contributed by atoms with E-state index in [1.165, 1.54) is 17.0 Å². The van der Waals surface area contributed by atoms with Gasteiger partial charge in [-0.15, -0.1) is 6.58 Å². The molecule has 8 heteroatoms. The Balaban J connectivity index is 2.92. The van der Waals surface area contributed by atoms with Crippen molar-refractivity contribution in [1.82, 2.24) is 4.90 Å². The van der Waals surface area contributed by atoms with E-state index in [0.717, 1.165) is 12.1 Å². The van der Waals surface area contributed by atoms with Crippen LogP contribution in [0.25, 0.3) is 0 Å². The van der Waals surface area contributed by atoms with E-state index in [4.69, 9.17) is 16.7 Å². The molecule has 21 heavy (non-hydrogen) atoms. The second kappa shape index (κ2) is 7.33. The van der Waals surface area contributed by atoms with E-state index in [-0.39, 0.29) is 25.4 Å². The van der Waals surface area contributed by atoms with E-state index < -0.39 is 22.8 Å². The summed E-state index contributed by atoms with van der Waals surface area (Å²) in [5, 5.41) is 10.7. The fraction of sp³-hybridized carbons (Fsp3) is 0.308. The minimum absolute atomic E-state index is 0.0382. The lowest BCUT2D eigenvalue weighted by molar-refractivity contribution is -0.137. The van der Waals surface area contributed by atoms with Crippen molar-refractivity contribution in [3.63, 3.8) is 0 Å². The van der Waals surface area contributed by atoms with E-state index in [2.05, 4.69) is 11.9 Å². The van der Waals surface area contributed by atoms with Crippen molar-refractivity contribution in [1.29, 1.82) is 0 Å². The SMILES string of the molecule is C=CCN(CCO)C(=O)Nc1ccc(Cl)c(C(F)(F)F)c1. The highest BCUT2D eigenvalue weighted by molar-refractivity contribution is 6.31. The van der Waals surface area contributed by atoms with Crippen LogP contribution >= 0.6 is 11.6 Å². The van der Waals surface area contributed by atoms with Crippen LogP contribution in [0.2, 0.25) is 5.02 Å². The first-order valence-corrected chi connectivity index (χ1v) is 6.31. The molecule has 1 aromatic carbocycles. The summed E-state index contributed by atoms with van der Waals surface area (Å²) in [7, 11) is 0. The molecule has 0 aromatic heterocycles. The van der Waals surface area contributed by atoms with E-state index in [0.29, 0.717) is 0 Å². The van der Waals surface area contributed by atoms with Crippen LogP contribution < -0.4 is 5.32 Å². The van der Waals surface area contributed by atoms with Crippen molar-refractivity contribution in [3.8, 4) is 0 Å². The molecular weight excluding hydrogens is 309 g/mol. The summed E-state index contributed by atoms with van der Waals surface area (Å²) >= 11 is 5.49. The van der Waals surface area contributed by atoms with E-state index >= 15 is 0 Å². The third-order valence-electron chi connectivity index (χ3n) is 2.53. The molecule has 1 aromatic rings. The van der Waals surface area contributed by atoms with E-state index in [1.54, 1.807) is 0 Å². The molecule has 116 valence electrons. The van der Waals surface area contributed by atoms with Gasteiger partial charge in [-0.1, -0.05) is 17.7 Å². The lowest BCUT2D eigenvalue weighted by Gasteiger charge is -2.21. The number of aliphatic hydroxyl groups excluding tert-OH is 1. The van der Waals surface area contributed by atoms with Crippen molar-refractivity contribution in [2.24, 2.45) is 0 Å². The van der Waals surface area contributed by atoms with Crippen molar-refractivity contribution >= 4 is 23.3 Å². The monoisotopic (exact) mass is 322 g/mol. The van der Waals surface area contributed by atoms with Crippen molar-refractivity contribution in [3.05, 3.63) is 41.4 Å². The average Bonchev–Trinajstić information content (AvgIpc) is 2.39. The van der Waals surface area contributed by atoms with Crippen molar-refractivity contribution in [2.75, 3.05) is 25.0 Å². The number of carbonyl (C=O) groups is 1. The van der Waals surface area contributed by atoms with Gasteiger partial charge < -0.3 is 15.3 Å². The maximum absolute atomic E-state index is 12.7. The molecule has 2 N–H and O–H groups in total. The molecule has 0 saturated heterocycles. The Morgan fingerprint density at radius 1 is 1.48 bits per heavy atom. The molecule has 0 aliphatic rings. The molecule has 4 nitrogen and oxygen atoms in total. The highest BCUT2D eigenvalue weighted by Gasteiger charge is 2.33. The van der Waals surface area contributed by atoms with Crippen LogP contribution in [-0.4, -0.2) is 35.7 Å². The minimum Gasteiger partial charge on any atom is -0.395 e. The molecule has 2 amide bonds. The summed E-state index contributed by atoms with van der Waals surface area (Å²) in [6.07, 6.45) is -3.16. The highest BCUT2D eigenvalue weighted by atomic mass is 35.5. The average molecular weight is 323 g/mol. The number of nitrogens with zero attached hydrogens (tertiary/aromatic N) is 1. The van der Waals surface area contributed by atoms with Gasteiger partial charge in [0.25, 0.3) is 0 Å². The number of rotatable bonds is 5. The van der Waals surface area contributed by atoms with Crippen LogP contribution in [0.4, 0.5) is 23.7 Å². The topological polar surface area (TPSA) is 52.6 Å². The molecular formula is C13H14ClF3N2O2. The van der Waals surface area contributed by atoms with E-state index in [1.807, 2.05) is 0 Å². The van der Waals surface area contributed by atoms with Gasteiger partial charge >= 0.3 is 12.2 Å². The van der Waals surface area contributed by atoms with E-state index in [9.17, 15) is 18.0 Å². The third kappa shape index (κ3) is 4.95. The zero-order valence-corrected chi connectivity index (χ0v) is 11.7. The van der Waals surface area contributed by atoms with Gasteiger partial charge in [0.05, 0.1) is 17.2 Å². The fourth-order valence-corrected chi connectivity index (χ4v) is 1.80. The predicted octanol–water partition coefficient (Wildman–Crippen LogP) is 3.37. The summed E-state index contributed by atoms with van der Waals surface area (Å²) < 4.78 is 38.1. The number of hydrogen-bond donors (Lipinski definition) is 2. The van der Waals surface area contributed by atoms with Gasteiger partial charge in [-0.25, -0.2) is 4.79 Å². The molecule has 0 radical (unpaired) electrons. The van der Waals surface area contributed by atoms with Gasteiger partial charge in [-0.05, 0) is 18.2 Å². The Morgan fingerprint density at radius 2 is 2.14 bits per heavy atom. The standard InChI is InChI=1S/C13H14ClF3N2O2/c1-2-5-19(6-7-20)12(21)18-9-3-4-11(14)10(8-9)13(15,16)17/h2-4,8,20H,1,5-7H2,(H,18,21). The lowest BCUT2D eigenvalue weighted by atomic mass is 10.2. The highest BCUT2D eigenvalue weighted by Crippen LogP contribution is 2.36. The maximum atomic E-state index is 12.7. The van der Waals surface area contributed by atoms with Gasteiger partial charge in [0.2, 0.25) is 0 Å². The molecule has 0 unspecified atom stereocenters. The van der Waals surface area contributed by atoms with Gasteiger partial charge in [0.1, 0.15) is 0 Å². The normalized spacial score (nSPS) is 11.1. The largest absolute Gasteiger partial charge is 0.417 e. The first kappa shape index (κ1) is 17.3. The smallest absolute Gasteiger partial charge is 0.395 e. The lowest BCUT2D eigenvalue weighted by Crippen LogP contribution is -2.37. The van der Waals surface area contributed by atoms with Crippen LogP contribution in [0.15, 0.2) is 30.9 Å². The molecule has 1 rings (SSSR count).